The molecule has 1 aliphatic heterocycles. The van der Waals surface area contributed by atoms with Gasteiger partial charge in [-0.2, -0.15) is 0 Å². The van der Waals surface area contributed by atoms with E-state index in [0.29, 0.717) is 12.8 Å². The van der Waals surface area contributed by atoms with Gasteiger partial charge in [-0.15, -0.1) is 0 Å². The van der Waals surface area contributed by atoms with Crippen LogP contribution >= 0.6 is 0 Å². The summed E-state index contributed by atoms with van der Waals surface area (Å²) in [7, 11) is 1.68. The minimum atomic E-state index is -1.05. The van der Waals surface area contributed by atoms with E-state index in [2.05, 4.69) is 10.6 Å². The number of aliphatic carboxylic acids is 1. The quantitative estimate of drug-likeness (QED) is 0.623. The first-order chi connectivity index (χ1) is 9.02. The molecule has 2 atom stereocenters. The van der Waals surface area contributed by atoms with E-state index in [1.165, 1.54) is 0 Å². The molecule has 6 nitrogen and oxygen atoms in total. The first-order valence-corrected chi connectivity index (χ1v) is 6.11. The zero-order valence-electron chi connectivity index (χ0n) is 10.6. The molecule has 1 aromatic carbocycles. The third-order valence-electron chi connectivity index (χ3n) is 3.34. The van der Waals surface area contributed by atoms with Crippen molar-refractivity contribution in [3.63, 3.8) is 0 Å². The molecule has 1 aliphatic rings. The van der Waals surface area contributed by atoms with Crippen molar-refractivity contribution in [3.8, 4) is 0 Å². The molecule has 0 saturated carbocycles. The second-order valence-electron chi connectivity index (χ2n) is 4.60. The van der Waals surface area contributed by atoms with Crippen molar-refractivity contribution in [2.24, 2.45) is 5.73 Å². The molecule has 19 heavy (non-hydrogen) atoms. The van der Waals surface area contributed by atoms with Gasteiger partial charge in [0.25, 0.3) is 0 Å². The number of carbonyl (C=O) groups excluding carboxylic acids is 1. The fourth-order valence-electron chi connectivity index (χ4n) is 2.29. The lowest BCUT2D eigenvalue weighted by atomic mass is 9.94. The van der Waals surface area contributed by atoms with Crippen LogP contribution in [-0.2, 0) is 16.0 Å². The van der Waals surface area contributed by atoms with Crippen LogP contribution in [0.15, 0.2) is 18.2 Å². The highest BCUT2D eigenvalue weighted by Crippen LogP contribution is 2.27. The van der Waals surface area contributed by atoms with Crippen molar-refractivity contribution in [2.45, 2.75) is 24.9 Å². The van der Waals surface area contributed by atoms with Crippen molar-refractivity contribution in [3.05, 3.63) is 29.3 Å². The Kier molecular flexibility index (Phi) is 3.82. The smallest absolute Gasteiger partial charge is 0.322 e. The second kappa shape index (κ2) is 5.38. The highest BCUT2D eigenvalue weighted by atomic mass is 16.4. The Balaban J connectivity index is 2.30. The highest BCUT2D eigenvalue weighted by molar-refractivity contribution is 5.93. The molecule has 0 aromatic heterocycles. The number of rotatable bonds is 4. The van der Waals surface area contributed by atoms with Crippen LogP contribution in [0, 0.1) is 0 Å². The Morgan fingerprint density at radius 3 is 2.84 bits per heavy atom. The topological polar surface area (TPSA) is 104 Å². The minimum Gasteiger partial charge on any atom is -0.480 e. The van der Waals surface area contributed by atoms with Crippen LogP contribution in [0.2, 0.25) is 0 Å². The van der Waals surface area contributed by atoms with E-state index in [0.717, 1.165) is 16.8 Å². The summed E-state index contributed by atoms with van der Waals surface area (Å²) in [5.41, 5.74) is 8.28. The summed E-state index contributed by atoms with van der Waals surface area (Å²) < 4.78 is 0. The molecule has 6 heteroatoms. The summed E-state index contributed by atoms with van der Waals surface area (Å²) in [5.74, 6) is -1.04. The predicted molar refractivity (Wildman–Crippen MR) is 70.8 cm³/mol. The third-order valence-corrected chi connectivity index (χ3v) is 3.34. The fourth-order valence-corrected chi connectivity index (χ4v) is 2.29. The summed E-state index contributed by atoms with van der Waals surface area (Å²) in [6.07, 6.45) is 1.11. The largest absolute Gasteiger partial charge is 0.480 e. The van der Waals surface area contributed by atoms with Crippen molar-refractivity contribution < 1.29 is 14.7 Å². The van der Waals surface area contributed by atoms with Crippen LogP contribution in [0.1, 0.15) is 23.6 Å². The van der Waals surface area contributed by atoms with Crippen LogP contribution in [0.3, 0.4) is 0 Å². The average molecular weight is 263 g/mol. The molecule has 0 saturated heterocycles. The summed E-state index contributed by atoms with van der Waals surface area (Å²) in [6.45, 7) is 0. The number of hydrogen-bond acceptors (Lipinski definition) is 4. The Bertz CT molecular complexity index is 516. The number of hydrogen-bond donors (Lipinski definition) is 4. The summed E-state index contributed by atoms with van der Waals surface area (Å²) in [6, 6.07) is 4.01. The Hall–Kier alpha value is -1.92. The minimum absolute atomic E-state index is 0.00709. The molecule has 0 radical (unpaired) electrons. The SMILES string of the molecule is CNC(c1ccc2c(c1)CCC(=O)N2)C(N)C(=O)O. The van der Waals surface area contributed by atoms with Gasteiger partial charge in [0.1, 0.15) is 6.04 Å². The number of likely N-dealkylation sites (N-methyl/N-ethyl adjacent to an activating group) is 1. The lowest BCUT2D eigenvalue weighted by Gasteiger charge is -2.23. The molecule has 0 bridgehead atoms. The van der Waals surface area contributed by atoms with E-state index in [1.54, 1.807) is 19.2 Å². The van der Waals surface area contributed by atoms with Crippen LogP contribution in [0.5, 0.6) is 0 Å². The van der Waals surface area contributed by atoms with Gasteiger partial charge in [0, 0.05) is 12.1 Å². The van der Waals surface area contributed by atoms with Crippen LogP contribution in [0.4, 0.5) is 5.69 Å². The van der Waals surface area contributed by atoms with Crippen molar-refractivity contribution in [1.82, 2.24) is 5.32 Å². The number of nitrogens with one attached hydrogen (secondary N) is 2. The van der Waals surface area contributed by atoms with Gasteiger partial charge in [0.15, 0.2) is 0 Å². The van der Waals surface area contributed by atoms with E-state index in [4.69, 9.17) is 10.8 Å². The summed E-state index contributed by atoms with van der Waals surface area (Å²) in [5, 5.41) is 14.7. The number of amides is 1. The third kappa shape index (κ3) is 2.74. The molecule has 0 fully saturated rings. The number of aryl methyl sites for hydroxylation is 1. The lowest BCUT2D eigenvalue weighted by molar-refractivity contribution is -0.139. The maximum atomic E-state index is 11.3. The molecule has 1 heterocycles. The number of carboxylic acids is 1. The lowest BCUT2D eigenvalue weighted by Crippen LogP contribution is -2.42. The number of anilines is 1. The van der Waals surface area contributed by atoms with E-state index in [-0.39, 0.29) is 5.91 Å². The average Bonchev–Trinajstić information content (AvgIpc) is 2.39. The van der Waals surface area contributed by atoms with E-state index in [9.17, 15) is 9.59 Å². The molecule has 5 N–H and O–H groups in total. The summed E-state index contributed by atoms with van der Waals surface area (Å²) >= 11 is 0. The molecule has 1 aromatic rings. The maximum Gasteiger partial charge on any atom is 0.322 e. The van der Waals surface area contributed by atoms with Gasteiger partial charge < -0.3 is 21.5 Å². The van der Waals surface area contributed by atoms with Gasteiger partial charge in [-0.05, 0) is 30.7 Å². The molecule has 102 valence electrons. The standard InChI is InChI=1S/C13H17N3O3/c1-15-12(11(14)13(18)19)8-2-4-9-7(6-8)3-5-10(17)16-9/h2,4,6,11-12,15H,3,5,14H2,1H3,(H,16,17)(H,18,19). The molecule has 1 amide bonds. The van der Waals surface area contributed by atoms with Gasteiger partial charge in [-0.25, -0.2) is 0 Å². The highest BCUT2D eigenvalue weighted by Gasteiger charge is 2.25. The Morgan fingerprint density at radius 2 is 2.21 bits per heavy atom. The first kappa shape index (κ1) is 13.5. The molecule has 0 spiro atoms. The van der Waals surface area contributed by atoms with Crippen LogP contribution < -0.4 is 16.4 Å². The van der Waals surface area contributed by atoms with Crippen LogP contribution in [0.25, 0.3) is 0 Å². The van der Waals surface area contributed by atoms with Crippen molar-refractivity contribution in [2.75, 3.05) is 12.4 Å². The number of carbonyl (C=O) groups is 2. The van der Waals surface area contributed by atoms with Gasteiger partial charge in [-0.1, -0.05) is 12.1 Å². The van der Waals surface area contributed by atoms with Crippen LogP contribution in [-0.4, -0.2) is 30.1 Å². The maximum absolute atomic E-state index is 11.3. The molecular weight excluding hydrogens is 246 g/mol. The fraction of sp³-hybridized carbons (Fsp3) is 0.385. The van der Waals surface area contributed by atoms with Gasteiger partial charge in [0.2, 0.25) is 5.91 Å². The zero-order chi connectivity index (χ0) is 14.0. The molecule has 0 aliphatic carbocycles. The number of carboxylic acid groups (broad SMARTS) is 1. The van der Waals surface area contributed by atoms with Gasteiger partial charge in [-0.3, -0.25) is 9.59 Å². The van der Waals surface area contributed by atoms with Crippen molar-refractivity contribution in [1.29, 1.82) is 0 Å². The van der Waals surface area contributed by atoms with Gasteiger partial charge >= 0.3 is 5.97 Å². The van der Waals surface area contributed by atoms with Gasteiger partial charge in [0.05, 0.1) is 6.04 Å². The molecular formula is C13H17N3O3. The zero-order valence-corrected chi connectivity index (χ0v) is 10.6. The number of benzene rings is 1. The summed E-state index contributed by atoms with van der Waals surface area (Å²) in [4.78, 5) is 22.3. The monoisotopic (exact) mass is 263 g/mol. The second-order valence-corrected chi connectivity index (χ2v) is 4.60. The number of fused-ring (bicyclic) bond motifs is 1. The number of nitrogens with two attached hydrogens (primary N) is 1. The first-order valence-electron chi connectivity index (χ1n) is 6.11. The van der Waals surface area contributed by atoms with Crippen molar-refractivity contribution >= 4 is 17.6 Å². The molecule has 2 unspecified atom stereocenters. The predicted octanol–water partition coefficient (Wildman–Crippen LogP) is 0.244. The van der Waals surface area contributed by atoms with E-state index >= 15 is 0 Å². The molecule has 2 rings (SSSR count). The van der Waals surface area contributed by atoms with E-state index < -0.39 is 18.1 Å². The Morgan fingerprint density at radius 1 is 1.47 bits per heavy atom. The Labute approximate surface area is 111 Å². The van der Waals surface area contributed by atoms with E-state index in [1.807, 2.05) is 6.07 Å². The normalized spacial score (nSPS) is 17.3.